The Morgan fingerprint density at radius 2 is 2.27 bits per heavy atom. The number of carbonyl (C=O) groups excluding carboxylic acids is 1. The van der Waals surface area contributed by atoms with Crippen molar-refractivity contribution in [2.24, 2.45) is 7.05 Å². The van der Waals surface area contributed by atoms with Crippen LogP contribution in [0.1, 0.15) is 22.3 Å². The summed E-state index contributed by atoms with van der Waals surface area (Å²) in [5, 5.41) is 7.06. The maximum Gasteiger partial charge on any atom is 0.272 e. The van der Waals surface area contributed by atoms with Gasteiger partial charge in [-0.2, -0.15) is 5.10 Å². The minimum atomic E-state index is -0.209. The lowest BCUT2D eigenvalue weighted by Crippen LogP contribution is -2.43. The Labute approximate surface area is 128 Å². The molecule has 1 amide bonds. The fraction of sp³-hybridized carbons (Fsp3) is 0.400. The van der Waals surface area contributed by atoms with Gasteiger partial charge in [0, 0.05) is 26.8 Å². The Balaban J connectivity index is 1.76. The third-order valence-corrected chi connectivity index (χ3v) is 3.75. The minimum absolute atomic E-state index is 0.0296. The van der Waals surface area contributed by atoms with Gasteiger partial charge in [0.1, 0.15) is 17.6 Å². The van der Waals surface area contributed by atoms with E-state index in [-0.39, 0.29) is 12.0 Å². The van der Waals surface area contributed by atoms with Crippen LogP contribution in [-0.2, 0) is 11.8 Å². The summed E-state index contributed by atoms with van der Waals surface area (Å²) in [6, 6.07) is 7.47. The van der Waals surface area contributed by atoms with Crippen LogP contribution in [0, 0.1) is 0 Å². The van der Waals surface area contributed by atoms with E-state index in [1.165, 1.54) is 0 Å². The lowest BCUT2D eigenvalue weighted by atomic mass is 10.1. The topological polar surface area (TPSA) is 72.3 Å². The number of aromatic nitrogens is 3. The number of hydrogen-bond acceptors (Lipinski definition) is 5. The monoisotopic (exact) mass is 301 g/mol. The van der Waals surface area contributed by atoms with E-state index in [1.54, 1.807) is 28.9 Å². The molecule has 1 N–H and O–H groups in total. The molecule has 1 aliphatic rings. The van der Waals surface area contributed by atoms with Gasteiger partial charge in [-0.25, -0.2) is 4.98 Å². The second-order valence-electron chi connectivity index (χ2n) is 5.15. The number of pyridine rings is 1. The summed E-state index contributed by atoms with van der Waals surface area (Å²) in [4.78, 5) is 18.8. The highest BCUT2D eigenvalue weighted by molar-refractivity contribution is 5.92. The van der Waals surface area contributed by atoms with E-state index in [9.17, 15) is 4.79 Å². The molecule has 3 rings (SSSR count). The van der Waals surface area contributed by atoms with E-state index in [1.807, 2.05) is 25.2 Å². The van der Waals surface area contributed by atoms with Gasteiger partial charge in [0.2, 0.25) is 0 Å². The van der Waals surface area contributed by atoms with Crippen molar-refractivity contribution in [2.45, 2.75) is 6.10 Å². The Hall–Kier alpha value is -2.41. The van der Waals surface area contributed by atoms with E-state index in [0.29, 0.717) is 25.4 Å². The predicted molar refractivity (Wildman–Crippen MR) is 81.6 cm³/mol. The summed E-state index contributed by atoms with van der Waals surface area (Å²) in [5.41, 5.74) is 1.41. The normalized spacial score (nSPS) is 18.3. The van der Waals surface area contributed by atoms with Gasteiger partial charge in [-0.15, -0.1) is 0 Å². The first-order chi connectivity index (χ1) is 10.7. The quantitative estimate of drug-likeness (QED) is 0.918. The Kier molecular flexibility index (Phi) is 4.06. The number of amides is 1. The van der Waals surface area contributed by atoms with Gasteiger partial charge in [-0.05, 0) is 18.2 Å². The Bertz CT molecular complexity index is 669. The Morgan fingerprint density at radius 3 is 3.00 bits per heavy atom. The zero-order valence-electron chi connectivity index (χ0n) is 12.7. The molecule has 116 valence electrons. The van der Waals surface area contributed by atoms with Crippen LogP contribution in [0.2, 0.25) is 0 Å². The van der Waals surface area contributed by atoms with Crippen LogP contribution in [0.5, 0.6) is 0 Å². The molecular formula is C15H19N5O2. The molecule has 1 saturated heterocycles. The first-order valence-electron chi connectivity index (χ1n) is 7.22. The van der Waals surface area contributed by atoms with Crippen molar-refractivity contribution in [1.29, 1.82) is 0 Å². The van der Waals surface area contributed by atoms with Gasteiger partial charge in [0.15, 0.2) is 0 Å². The maximum atomic E-state index is 12.6. The zero-order valence-corrected chi connectivity index (χ0v) is 12.7. The van der Waals surface area contributed by atoms with Crippen LogP contribution in [0.3, 0.4) is 0 Å². The maximum absolute atomic E-state index is 12.6. The van der Waals surface area contributed by atoms with Crippen molar-refractivity contribution < 1.29 is 9.53 Å². The first-order valence-corrected chi connectivity index (χ1v) is 7.22. The van der Waals surface area contributed by atoms with Crippen molar-refractivity contribution in [3.8, 4) is 0 Å². The van der Waals surface area contributed by atoms with Gasteiger partial charge in [0.05, 0.1) is 18.8 Å². The highest BCUT2D eigenvalue weighted by atomic mass is 16.5. The molecule has 0 bridgehead atoms. The molecule has 3 heterocycles. The van der Waals surface area contributed by atoms with Crippen molar-refractivity contribution >= 4 is 11.7 Å². The molecule has 7 nitrogen and oxygen atoms in total. The standard InChI is InChI=1S/C15H19N5O2/c1-16-14-5-3-4-11(18-14)13-10-20(8-9-22-13)15(21)12-6-7-17-19(12)2/h3-7,13H,8-10H2,1-2H3,(H,16,18)/t13-/m1/s1. The van der Waals surface area contributed by atoms with Gasteiger partial charge >= 0.3 is 0 Å². The SMILES string of the molecule is CNc1cccc([C@H]2CN(C(=O)c3ccnn3C)CCO2)n1. The van der Waals surface area contributed by atoms with Crippen molar-refractivity contribution in [2.75, 3.05) is 32.1 Å². The number of nitrogens with zero attached hydrogens (tertiary/aromatic N) is 4. The zero-order chi connectivity index (χ0) is 15.5. The summed E-state index contributed by atoms with van der Waals surface area (Å²) in [7, 11) is 3.59. The molecule has 1 atom stereocenters. The van der Waals surface area contributed by atoms with Crippen LogP contribution >= 0.6 is 0 Å². The van der Waals surface area contributed by atoms with Crippen LogP contribution in [0.4, 0.5) is 5.82 Å². The number of anilines is 1. The van der Waals surface area contributed by atoms with Crippen LogP contribution in [-0.4, -0.2) is 52.3 Å². The van der Waals surface area contributed by atoms with E-state index >= 15 is 0 Å². The second-order valence-corrected chi connectivity index (χ2v) is 5.15. The van der Waals surface area contributed by atoms with Crippen molar-refractivity contribution in [3.05, 3.63) is 41.9 Å². The number of aryl methyl sites for hydroxylation is 1. The summed E-state index contributed by atoms with van der Waals surface area (Å²) in [6.45, 7) is 1.57. The van der Waals surface area contributed by atoms with Crippen molar-refractivity contribution in [1.82, 2.24) is 19.7 Å². The van der Waals surface area contributed by atoms with Crippen LogP contribution in [0.25, 0.3) is 0 Å². The van der Waals surface area contributed by atoms with Gasteiger partial charge in [-0.1, -0.05) is 6.07 Å². The fourth-order valence-corrected chi connectivity index (χ4v) is 2.53. The third-order valence-electron chi connectivity index (χ3n) is 3.75. The predicted octanol–water partition coefficient (Wildman–Crippen LogP) is 1.07. The van der Waals surface area contributed by atoms with Crippen LogP contribution in [0.15, 0.2) is 30.5 Å². The number of hydrogen-bond donors (Lipinski definition) is 1. The lowest BCUT2D eigenvalue weighted by Gasteiger charge is -2.32. The molecule has 2 aromatic heterocycles. The van der Waals surface area contributed by atoms with E-state index in [2.05, 4.69) is 15.4 Å². The summed E-state index contributed by atoms with van der Waals surface area (Å²) < 4.78 is 7.37. The Morgan fingerprint density at radius 1 is 1.41 bits per heavy atom. The summed E-state index contributed by atoms with van der Waals surface area (Å²) in [6.07, 6.45) is 1.42. The fourth-order valence-electron chi connectivity index (χ4n) is 2.53. The van der Waals surface area contributed by atoms with Gasteiger partial charge in [0.25, 0.3) is 5.91 Å². The number of carbonyl (C=O) groups is 1. The molecule has 0 aliphatic carbocycles. The first kappa shape index (κ1) is 14.5. The molecule has 0 aromatic carbocycles. The van der Waals surface area contributed by atoms with E-state index in [0.717, 1.165) is 11.5 Å². The molecule has 0 saturated carbocycles. The van der Waals surface area contributed by atoms with E-state index in [4.69, 9.17) is 4.74 Å². The third kappa shape index (κ3) is 2.80. The highest BCUT2D eigenvalue weighted by Crippen LogP contribution is 2.22. The summed E-state index contributed by atoms with van der Waals surface area (Å²) >= 11 is 0. The molecule has 0 unspecified atom stereocenters. The van der Waals surface area contributed by atoms with Gasteiger partial charge in [-0.3, -0.25) is 9.48 Å². The summed E-state index contributed by atoms with van der Waals surface area (Å²) in [5.74, 6) is 0.759. The number of nitrogens with one attached hydrogen (secondary N) is 1. The molecule has 7 heteroatoms. The number of ether oxygens (including phenoxy) is 1. The second kappa shape index (κ2) is 6.15. The average molecular weight is 301 g/mol. The molecular weight excluding hydrogens is 282 g/mol. The number of morpholine rings is 1. The smallest absolute Gasteiger partial charge is 0.272 e. The number of rotatable bonds is 3. The van der Waals surface area contributed by atoms with E-state index < -0.39 is 0 Å². The molecule has 0 spiro atoms. The largest absolute Gasteiger partial charge is 0.373 e. The molecule has 1 aliphatic heterocycles. The molecule has 22 heavy (non-hydrogen) atoms. The molecule has 2 aromatic rings. The van der Waals surface area contributed by atoms with Gasteiger partial charge < -0.3 is 15.0 Å². The minimum Gasteiger partial charge on any atom is -0.373 e. The van der Waals surface area contributed by atoms with Crippen molar-refractivity contribution in [3.63, 3.8) is 0 Å². The average Bonchev–Trinajstić information content (AvgIpc) is 3.00. The van der Waals surface area contributed by atoms with Crippen LogP contribution < -0.4 is 5.32 Å². The molecule has 1 fully saturated rings. The highest BCUT2D eigenvalue weighted by Gasteiger charge is 2.28. The molecule has 0 radical (unpaired) electrons. The lowest BCUT2D eigenvalue weighted by molar-refractivity contribution is -0.0250.